The minimum absolute atomic E-state index is 0.0733. The first-order chi connectivity index (χ1) is 11.6. The van der Waals surface area contributed by atoms with Crippen LogP contribution in [0.1, 0.15) is 51.2 Å². The molecule has 0 saturated carbocycles. The number of hydrogen-bond acceptors (Lipinski definition) is 5. The van der Waals surface area contributed by atoms with Crippen LogP contribution >= 0.6 is 11.3 Å². The standard InChI is InChI=1S/C17H22N4O2S/c1-2-3-8-19-16(22)13-6-4-12(5-7-13)10-20-17(23)14-11-24-15(9-18)21-14/h4-7,11H,2-3,8-10,18H2,1H3,(H,19,22)(H,20,23). The molecule has 0 saturated heterocycles. The third-order valence-electron chi connectivity index (χ3n) is 3.44. The van der Waals surface area contributed by atoms with Gasteiger partial charge in [0.25, 0.3) is 11.8 Å². The highest BCUT2D eigenvalue weighted by molar-refractivity contribution is 7.09. The van der Waals surface area contributed by atoms with Crippen molar-refractivity contribution in [1.29, 1.82) is 0 Å². The van der Waals surface area contributed by atoms with Crippen LogP contribution in [0.25, 0.3) is 0 Å². The summed E-state index contributed by atoms with van der Waals surface area (Å²) in [4.78, 5) is 28.1. The van der Waals surface area contributed by atoms with Gasteiger partial charge in [-0.25, -0.2) is 4.98 Å². The van der Waals surface area contributed by atoms with Crippen molar-refractivity contribution >= 4 is 23.2 Å². The Hall–Kier alpha value is -2.25. The van der Waals surface area contributed by atoms with Crippen LogP contribution in [0.3, 0.4) is 0 Å². The van der Waals surface area contributed by atoms with E-state index < -0.39 is 0 Å². The Labute approximate surface area is 145 Å². The fraction of sp³-hybridized carbons (Fsp3) is 0.353. The molecule has 0 bridgehead atoms. The van der Waals surface area contributed by atoms with Gasteiger partial charge in [0.1, 0.15) is 10.7 Å². The number of aromatic nitrogens is 1. The van der Waals surface area contributed by atoms with E-state index >= 15 is 0 Å². The van der Waals surface area contributed by atoms with Crippen molar-refractivity contribution in [3.63, 3.8) is 0 Å². The summed E-state index contributed by atoms with van der Waals surface area (Å²) >= 11 is 1.37. The van der Waals surface area contributed by atoms with Crippen molar-refractivity contribution in [2.24, 2.45) is 5.73 Å². The Balaban J connectivity index is 1.85. The van der Waals surface area contributed by atoms with E-state index in [2.05, 4.69) is 22.5 Å². The third-order valence-corrected chi connectivity index (χ3v) is 4.32. The van der Waals surface area contributed by atoms with Crippen molar-refractivity contribution in [1.82, 2.24) is 15.6 Å². The molecule has 1 aromatic heterocycles. The summed E-state index contributed by atoms with van der Waals surface area (Å²) in [5, 5.41) is 8.11. The van der Waals surface area contributed by atoms with Gasteiger partial charge >= 0.3 is 0 Å². The molecule has 24 heavy (non-hydrogen) atoms. The second kappa shape index (κ2) is 9.14. The predicted molar refractivity (Wildman–Crippen MR) is 94.9 cm³/mol. The van der Waals surface area contributed by atoms with Gasteiger partial charge < -0.3 is 16.4 Å². The van der Waals surface area contributed by atoms with Gasteiger partial charge in [-0.05, 0) is 24.1 Å². The summed E-state index contributed by atoms with van der Waals surface area (Å²) in [5.41, 5.74) is 7.41. The van der Waals surface area contributed by atoms with E-state index in [4.69, 9.17) is 5.73 Å². The van der Waals surface area contributed by atoms with Crippen LogP contribution in [0.4, 0.5) is 0 Å². The van der Waals surface area contributed by atoms with Gasteiger partial charge in [0.05, 0.1) is 0 Å². The molecular formula is C17H22N4O2S. The second-order valence-corrected chi connectivity index (χ2v) is 6.26. The summed E-state index contributed by atoms with van der Waals surface area (Å²) in [6.07, 6.45) is 2.02. The Morgan fingerprint density at radius 2 is 1.92 bits per heavy atom. The van der Waals surface area contributed by atoms with E-state index in [1.807, 2.05) is 12.1 Å². The monoisotopic (exact) mass is 346 g/mol. The van der Waals surface area contributed by atoms with Crippen LogP contribution in [0.2, 0.25) is 0 Å². The van der Waals surface area contributed by atoms with Crippen molar-refractivity contribution < 1.29 is 9.59 Å². The lowest BCUT2D eigenvalue weighted by Gasteiger charge is -2.06. The summed E-state index contributed by atoms with van der Waals surface area (Å²) in [7, 11) is 0. The first kappa shape index (κ1) is 18.1. The molecule has 0 aliphatic carbocycles. The quantitative estimate of drug-likeness (QED) is 0.637. The number of rotatable bonds is 8. The molecule has 0 atom stereocenters. The number of hydrogen-bond donors (Lipinski definition) is 3. The minimum atomic E-state index is -0.229. The fourth-order valence-electron chi connectivity index (χ4n) is 2.04. The molecule has 0 unspecified atom stereocenters. The molecule has 2 rings (SSSR count). The first-order valence-electron chi connectivity index (χ1n) is 7.93. The molecule has 0 radical (unpaired) electrons. The van der Waals surface area contributed by atoms with Gasteiger partial charge in [-0.15, -0.1) is 11.3 Å². The molecule has 2 amide bonds. The Morgan fingerprint density at radius 3 is 2.54 bits per heavy atom. The van der Waals surface area contributed by atoms with E-state index in [0.717, 1.165) is 23.4 Å². The van der Waals surface area contributed by atoms with Gasteiger partial charge in [-0.3, -0.25) is 9.59 Å². The van der Waals surface area contributed by atoms with Crippen molar-refractivity contribution in [2.45, 2.75) is 32.9 Å². The molecule has 1 aromatic carbocycles. The number of carbonyl (C=O) groups is 2. The first-order valence-corrected chi connectivity index (χ1v) is 8.81. The predicted octanol–water partition coefficient (Wildman–Crippen LogP) is 2.06. The minimum Gasteiger partial charge on any atom is -0.352 e. The fourth-order valence-corrected chi connectivity index (χ4v) is 2.69. The number of amides is 2. The molecular weight excluding hydrogens is 324 g/mol. The Bertz CT molecular complexity index is 682. The number of unbranched alkanes of at least 4 members (excludes halogenated alkanes) is 1. The zero-order valence-corrected chi connectivity index (χ0v) is 14.5. The second-order valence-electron chi connectivity index (χ2n) is 5.32. The third kappa shape index (κ3) is 5.14. The molecule has 4 N–H and O–H groups in total. The van der Waals surface area contributed by atoms with Crippen molar-refractivity contribution in [3.05, 3.63) is 51.5 Å². The highest BCUT2D eigenvalue weighted by Gasteiger charge is 2.10. The van der Waals surface area contributed by atoms with Gasteiger partial charge in [-0.2, -0.15) is 0 Å². The van der Waals surface area contributed by atoms with Gasteiger partial charge in [-0.1, -0.05) is 25.5 Å². The van der Waals surface area contributed by atoms with Crippen LogP contribution in [0, 0.1) is 0 Å². The molecule has 6 nitrogen and oxygen atoms in total. The zero-order valence-electron chi connectivity index (χ0n) is 13.7. The van der Waals surface area contributed by atoms with Crippen molar-refractivity contribution in [2.75, 3.05) is 6.54 Å². The number of carbonyl (C=O) groups excluding carboxylic acids is 2. The summed E-state index contributed by atoms with van der Waals surface area (Å²) in [5.74, 6) is -0.303. The maximum atomic E-state index is 12.0. The molecule has 0 spiro atoms. The van der Waals surface area contributed by atoms with Crippen LogP contribution in [-0.4, -0.2) is 23.3 Å². The molecule has 7 heteroatoms. The largest absolute Gasteiger partial charge is 0.352 e. The number of nitrogens with one attached hydrogen (secondary N) is 2. The van der Waals surface area contributed by atoms with Crippen LogP contribution in [0.5, 0.6) is 0 Å². The highest BCUT2D eigenvalue weighted by Crippen LogP contribution is 2.09. The molecule has 2 aromatic rings. The average Bonchev–Trinajstić information content (AvgIpc) is 3.09. The highest BCUT2D eigenvalue weighted by atomic mass is 32.1. The smallest absolute Gasteiger partial charge is 0.271 e. The lowest BCUT2D eigenvalue weighted by molar-refractivity contribution is 0.0940. The summed E-state index contributed by atoms with van der Waals surface area (Å²) < 4.78 is 0. The normalized spacial score (nSPS) is 10.4. The Morgan fingerprint density at radius 1 is 1.17 bits per heavy atom. The topological polar surface area (TPSA) is 97.1 Å². The number of benzene rings is 1. The van der Waals surface area contributed by atoms with Gasteiger partial charge in [0, 0.05) is 30.6 Å². The molecule has 0 aliphatic heterocycles. The zero-order chi connectivity index (χ0) is 17.4. The average molecular weight is 346 g/mol. The van der Waals surface area contributed by atoms with E-state index in [0.29, 0.717) is 30.9 Å². The number of nitrogens with zero attached hydrogens (tertiary/aromatic N) is 1. The van der Waals surface area contributed by atoms with E-state index in [1.54, 1.807) is 17.5 Å². The van der Waals surface area contributed by atoms with Gasteiger partial charge in [0.2, 0.25) is 0 Å². The number of thiazole rings is 1. The van der Waals surface area contributed by atoms with Crippen molar-refractivity contribution in [3.8, 4) is 0 Å². The van der Waals surface area contributed by atoms with E-state index in [9.17, 15) is 9.59 Å². The molecule has 1 heterocycles. The molecule has 0 aliphatic rings. The lowest BCUT2D eigenvalue weighted by Crippen LogP contribution is -2.25. The van der Waals surface area contributed by atoms with Crippen LogP contribution < -0.4 is 16.4 Å². The maximum Gasteiger partial charge on any atom is 0.271 e. The maximum absolute atomic E-state index is 12.0. The summed E-state index contributed by atoms with van der Waals surface area (Å²) in [6.45, 7) is 3.48. The van der Waals surface area contributed by atoms with E-state index in [1.165, 1.54) is 11.3 Å². The lowest BCUT2D eigenvalue weighted by atomic mass is 10.1. The van der Waals surface area contributed by atoms with Crippen LogP contribution in [-0.2, 0) is 13.1 Å². The number of nitrogens with two attached hydrogens (primary N) is 1. The van der Waals surface area contributed by atoms with E-state index in [-0.39, 0.29) is 11.8 Å². The molecule has 0 fully saturated rings. The van der Waals surface area contributed by atoms with Gasteiger partial charge in [0.15, 0.2) is 0 Å². The Kier molecular flexibility index (Phi) is 6.89. The van der Waals surface area contributed by atoms with Crippen LogP contribution in [0.15, 0.2) is 29.6 Å². The molecule has 128 valence electrons. The summed E-state index contributed by atoms with van der Waals surface area (Å²) in [6, 6.07) is 7.19. The SMILES string of the molecule is CCCCNC(=O)c1ccc(CNC(=O)c2csc(CN)n2)cc1.